The van der Waals surface area contributed by atoms with Crippen molar-refractivity contribution >= 4 is 49.6 Å². The van der Waals surface area contributed by atoms with Gasteiger partial charge in [0.1, 0.15) is 4.88 Å². The Labute approximate surface area is 128 Å². The molecule has 3 aromatic rings. The Balaban J connectivity index is 1.90. The van der Waals surface area contributed by atoms with Crippen molar-refractivity contribution < 1.29 is 14.7 Å². The highest BCUT2D eigenvalue weighted by Gasteiger charge is 2.16. The molecule has 2 heterocycles. The first kappa shape index (κ1) is 13.8. The maximum Gasteiger partial charge on any atom is 0.346 e. The average Bonchev–Trinajstić information content (AvgIpc) is 3.02. The molecule has 21 heavy (non-hydrogen) atoms. The summed E-state index contributed by atoms with van der Waals surface area (Å²) in [4.78, 5) is 23.6. The number of carbonyl (C=O) groups excluding carboxylic acids is 1. The van der Waals surface area contributed by atoms with E-state index in [1.807, 2.05) is 29.6 Å². The van der Waals surface area contributed by atoms with E-state index in [0.717, 1.165) is 21.4 Å². The highest BCUT2D eigenvalue weighted by atomic mass is 32.1. The number of aromatic carboxylic acids is 1. The molecule has 6 heteroatoms. The molecule has 0 fully saturated rings. The van der Waals surface area contributed by atoms with Crippen molar-refractivity contribution in [3.8, 4) is 0 Å². The van der Waals surface area contributed by atoms with E-state index in [4.69, 9.17) is 5.11 Å². The molecule has 0 radical (unpaired) electrons. The van der Waals surface area contributed by atoms with Gasteiger partial charge in [0.2, 0.25) is 0 Å². The van der Waals surface area contributed by atoms with Crippen LogP contribution in [0.15, 0.2) is 35.7 Å². The zero-order chi connectivity index (χ0) is 15.0. The normalized spacial score (nSPS) is 10.7. The van der Waals surface area contributed by atoms with E-state index in [2.05, 4.69) is 5.32 Å². The molecular weight excluding hydrogens is 306 g/mol. The SMILES string of the molecule is Cc1cc(NC(=O)c2csc3ccccc23)sc1C(=O)O. The lowest BCUT2D eigenvalue weighted by Crippen LogP contribution is -2.10. The number of carboxylic acids is 1. The fraction of sp³-hybridized carbons (Fsp3) is 0.0667. The summed E-state index contributed by atoms with van der Waals surface area (Å²) in [5.74, 6) is -1.19. The number of nitrogens with one attached hydrogen (secondary N) is 1. The van der Waals surface area contributed by atoms with Crippen LogP contribution in [0.1, 0.15) is 25.6 Å². The minimum Gasteiger partial charge on any atom is -0.477 e. The molecule has 106 valence electrons. The van der Waals surface area contributed by atoms with Crippen molar-refractivity contribution in [2.24, 2.45) is 0 Å². The summed E-state index contributed by atoms with van der Waals surface area (Å²) in [6, 6.07) is 9.38. The van der Waals surface area contributed by atoms with Gasteiger partial charge in [-0.3, -0.25) is 4.79 Å². The third kappa shape index (κ3) is 2.55. The van der Waals surface area contributed by atoms with Gasteiger partial charge in [-0.25, -0.2) is 4.79 Å². The van der Waals surface area contributed by atoms with Gasteiger partial charge in [-0.05, 0) is 24.6 Å². The molecule has 0 saturated carbocycles. The standard InChI is InChI=1S/C15H11NO3S2/c1-8-6-12(21-13(8)15(18)19)16-14(17)10-7-20-11-5-3-2-4-9(10)11/h2-7H,1H3,(H,16,17)(H,18,19). The van der Waals surface area contributed by atoms with Gasteiger partial charge >= 0.3 is 5.97 Å². The van der Waals surface area contributed by atoms with Gasteiger partial charge in [0.25, 0.3) is 5.91 Å². The summed E-state index contributed by atoms with van der Waals surface area (Å²) < 4.78 is 1.05. The maximum atomic E-state index is 12.3. The molecule has 2 aromatic heterocycles. The van der Waals surface area contributed by atoms with Crippen LogP contribution in [0.2, 0.25) is 0 Å². The average molecular weight is 317 g/mol. The first-order chi connectivity index (χ1) is 10.1. The van der Waals surface area contributed by atoms with Crippen molar-refractivity contribution in [3.05, 3.63) is 51.7 Å². The molecule has 0 unspecified atom stereocenters. The number of benzene rings is 1. The van der Waals surface area contributed by atoms with E-state index in [0.29, 0.717) is 16.1 Å². The second kappa shape index (κ2) is 5.31. The van der Waals surface area contributed by atoms with Crippen LogP contribution >= 0.6 is 22.7 Å². The number of anilines is 1. The Kier molecular flexibility index (Phi) is 3.48. The zero-order valence-electron chi connectivity index (χ0n) is 11.0. The second-order valence-corrected chi connectivity index (χ2v) is 6.49. The van der Waals surface area contributed by atoms with Crippen LogP contribution in [0, 0.1) is 6.92 Å². The minimum atomic E-state index is -0.973. The molecule has 3 rings (SSSR count). The third-order valence-electron chi connectivity index (χ3n) is 3.07. The van der Waals surface area contributed by atoms with Crippen molar-refractivity contribution in [2.75, 3.05) is 5.32 Å². The number of fused-ring (bicyclic) bond motifs is 1. The number of hydrogen-bond acceptors (Lipinski definition) is 4. The predicted octanol–water partition coefficient (Wildman–Crippen LogP) is 4.22. The monoisotopic (exact) mass is 317 g/mol. The van der Waals surface area contributed by atoms with E-state index < -0.39 is 5.97 Å². The highest BCUT2D eigenvalue weighted by molar-refractivity contribution is 7.18. The van der Waals surface area contributed by atoms with Gasteiger partial charge in [-0.1, -0.05) is 18.2 Å². The fourth-order valence-corrected chi connectivity index (χ4v) is 3.94. The summed E-state index contributed by atoms with van der Waals surface area (Å²) in [6.07, 6.45) is 0. The summed E-state index contributed by atoms with van der Waals surface area (Å²) in [7, 11) is 0. The first-order valence-electron chi connectivity index (χ1n) is 6.17. The highest BCUT2D eigenvalue weighted by Crippen LogP contribution is 2.29. The fourth-order valence-electron chi connectivity index (χ4n) is 2.09. The van der Waals surface area contributed by atoms with Crippen LogP contribution < -0.4 is 5.32 Å². The second-order valence-electron chi connectivity index (χ2n) is 4.53. The lowest BCUT2D eigenvalue weighted by Gasteiger charge is -2.00. The molecule has 2 N–H and O–H groups in total. The number of hydrogen-bond donors (Lipinski definition) is 2. The summed E-state index contributed by atoms with van der Waals surface area (Å²) in [5.41, 5.74) is 1.26. The summed E-state index contributed by atoms with van der Waals surface area (Å²) >= 11 is 2.59. The van der Waals surface area contributed by atoms with Crippen molar-refractivity contribution in [3.63, 3.8) is 0 Å². The van der Waals surface area contributed by atoms with E-state index in [1.54, 1.807) is 13.0 Å². The molecule has 4 nitrogen and oxygen atoms in total. The largest absolute Gasteiger partial charge is 0.477 e. The minimum absolute atomic E-state index is 0.217. The Morgan fingerprint density at radius 2 is 2.00 bits per heavy atom. The number of aryl methyl sites for hydroxylation is 1. The van der Waals surface area contributed by atoms with Crippen LogP contribution in [0.25, 0.3) is 10.1 Å². The summed E-state index contributed by atoms with van der Waals surface area (Å²) in [5, 5.41) is 15.1. The first-order valence-corrected chi connectivity index (χ1v) is 7.87. The van der Waals surface area contributed by atoms with Crippen LogP contribution in [-0.4, -0.2) is 17.0 Å². The van der Waals surface area contributed by atoms with Gasteiger partial charge in [0.15, 0.2) is 0 Å². The van der Waals surface area contributed by atoms with Gasteiger partial charge in [-0.15, -0.1) is 22.7 Å². The topological polar surface area (TPSA) is 66.4 Å². The molecular formula is C15H11NO3S2. The maximum absolute atomic E-state index is 12.3. The Bertz CT molecular complexity index is 848. The molecule has 0 aliphatic heterocycles. The molecule has 0 spiro atoms. The number of carbonyl (C=O) groups is 2. The number of carboxylic acid groups (broad SMARTS) is 1. The van der Waals surface area contributed by atoms with Gasteiger partial charge < -0.3 is 10.4 Å². The molecule has 0 aliphatic carbocycles. The van der Waals surface area contributed by atoms with Gasteiger partial charge in [0.05, 0.1) is 10.6 Å². The molecule has 0 aliphatic rings. The lowest BCUT2D eigenvalue weighted by molar-refractivity contribution is 0.0701. The Morgan fingerprint density at radius 3 is 2.71 bits per heavy atom. The van der Waals surface area contributed by atoms with E-state index >= 15 is 0 Å². The van der Waals surface area contributed by atoms with Crippen LogP contribution in [-0.2, 0) is 0 Å². The molecule has 0 atom stereocenters. The van der Waals surface area contributed by atoms with Crippen LogP contribution in [0.4, 0.5) is 5.00 Å². The summed E-state index contributed by atoms with van der Waals surface area (Å²) in [6.45, 7) is 1.72. The number of amides is 1. The predicted molar refractivity (Wildman–Crippen MR) is 85.8 cm³/mol. The lowest BCUT2D eigenvalue weighted by atomic mass is 10.1. The van der Waals surface area contributed by atoms with Crippen molar-refractivity contribution in [1.29, 1.82) is 0 Å². The van der Waals surface area contributed by atoms with Crippen molar-refractivity contribution in [1.82, 2.24) is 0 Å². The molecule has 1 aromatic carbocycles. The molecule has 1 amide bonds. The van der Waals surface area contributed by atoms with Crippen LogP contribution in [0.5, 0.6) is 0 Å². The Hall–Kier alpha value is -2.18. The van der Waals surface area contributed by atoms with E-state index in [9.17, 15) is 9.59 Å². The number of rotatable bonds is 3. The zero-order valence-corrected chi connectivity index (χ0v) is 12.7. The third-order valence-corrected chi connectivity index (χ3v) is 5.18. The number of thiophene rings is 2. The van der Waals surface area contributed by atoms with Gasteiger partial charge in [0, 0.05) is 15.5 Å². The smallest absolute Gasteiger partial charge is 0.346 e. The molecule has 0 saturated heterocycles. The van der Waals surface area contributed by atoms with Crippen molar-refractivity contribution in [2.45, 2.75) is 6.92 Å². The molecule has 0 bridgehead atoms. The van der Waals surface area contributed by atoms with E-state index in [1.165, 1.54) is 11.3 Å². The van der Waals surface area contributed by atoms with Gasteiger partial charge in [-0.2, -0.15) is 0 Å². The quantitative estimate of drug-likeness (QED) is 0.760. The van der Waals surface area contributed by atoms with E-state index in [-0.39, 0.29) is 10.8 Å². The Morgan fingerprint density at radius 1 is 1.24 bits per heavy atom. The van der Waals surface area contributed by atoms with Crippen LogP contribution in [0.3, 0.4) is 0 Å².